The minimum absolute atomic E-state index is 0.443. The molecule has 0 aliphatic heterocycles. The highest BCUT2D eigenvalue weighted by molar-refractivity contribution is 5.79. The number of methoxy groups -OCH3 is 1. The number of nitrogens with one attached hydrogen (secondary N) is 1. The van der Waals surface area contributed by atoms with Gasteiger partial charge < -0.3 is 9.94 Å². The third-order valence-corrected chi connectivity index (χ3v) is 1.63. The van der Waals surface area contributed by atoms with Crippen LogP contribution >= 0.6 is 0 Å². The SMILES string of the molecule is CCC[C@](C)(NO)C(=O)OC. The lowest BCUT2D eigenvalue weighted by molar-refractivity contribution is -0.153. The standard InChI is InChI=1S/C7H15NO3/c1-4-5-7(2,8-10)6(9)11-3/h8,10H,4-5H2,1-3H3/t7-/m0/s1. The summed E-state index contributed by atoms with van der Waals surface area (Å²) < 4.78 is 4.50. The maximum Gasteiger partial charge on any atom is 0.328 e. The van der Waals surface area contributed by atoms with Crippen molar-refractivity contribution in [2.75, 3.05) is 7.11 Å². The average Bonchev–Trinajstić information content (AvgIpc) is 2.03. The predicted octanol–water partition coefficient (Wildman–Crippen LogP) is 0.697. The van der Waals surface area contributed by atoms with E-state index in [1.165, 1.54) is 7.11 Å². The molecule has 4 nitrogen and oxygen atoms in total. The molecule has 11 heavy (non-hydrogen) atoms. The fourth-order valence-electron chi connectivity index (χ4n) is 0.929. The van der Waals surface area contributed by atoms with Crippen molar-refractivity contribution >= 4 is 5.97 Å². The molecule has 0 aliphatic rings. The van der Waals surface area contributed by atoms with E-state index < -0.39 is 11.5 Å². The van der Waals surface area contributed by atoms with Crippen LogP contribution < -0.4 is 5.48 Å². The minimum Gasteiger partial charge on any atom is -0.468 e. The van der Waals surface area contributed by atoms with Gasteiger partial charge in [0.05, 0.1) is 7.11 Å². The van der Waals surface area contributed by atoms with Gasteiger partial charge in [-0.1, -0.05) is 13.3 Å². The topological polar surface area (TPSA) is 58.6 Å². The average molecular weight is 161 g/mol. The molecule has 0 aromatic heterocycles. The van der Waals surface area contributed by atoms with Crippen LogP contribution in [0, 0.1) is 0 Å². The van der Waals surface area contributed by atoms with Crippen molar-refractivity contribution in [3.63, 3.8) is 0 Å². The van der Waals surface area contributed by atoms with Crippen LogP contribution in [-0.4, -0.2) is 23.8 Å². The summed E-state index contributed by atoms with van der Waals surface area (Å²) in [6, 6.07) is 0. The van der Waals surface area contributed by atoms with Crippen LogP contribution in [0.1, 0.15) is 26.7 Å². The summed E-state index contributed by atoms with van der Waals surface area (Å²) in [4.78, 5) is 11.0. The van der Waals surface area contributed by atoms with Crippen LogP contribution in [0.3, 0.4) is 0 Å². The summed E-state index contributed by atoms with van der Waals surface area (Å²) in [6.45, 7) is 3.53. The van der Waals surface area contributed by atoms with Gasteiger partial charge in [-0.25, -0.2) is 4.79 Å². The Morgan fingerprint density at radius 1 is 1.73 bits per heavy atom. The Morgan fingerprint density at radius 3 is 2.55 bits per heavy atom. The second-order valence-corrected chi connectivity index (χ2v) is 2.69. The Morgan fingerprint density at radius 2 is 2.27 bits per heavy atom. The summed E-state index contributed by atoms with van der Waals surface area (Å²) in [5.74, 6) is -0.443. The van der Waals surface area contributed by atoms with Gasteiger partial charge >= 0.3 is 5.97 Å². The number of hydrogen-bond donors (Lipinski definition) is 2. The fraction of sp³-hybridized carbons (Fsp3) is 0.857. The van der Waals surface area contributed by atoms with Gasteiger partial charge in [-0.15, -0.1) is 0 Å². The lowest BCUT2D eigenvalue weighted by Crippen LogP contribution is -2.48. The number of carbonyl (C=O) groups is 1. The Kier molecular flexibility index (Phi) is 4.07. The fourth-order valence-corrected chi connectivity index (χ4v) is 0.929. The molecule has 0 amide bonds. The quantitative estimate of drug-likeness (QED) is 0.470. The maximum absolute atomic E-state index is 11.0. The molecule has 66 valence electrons. The smallest absolute Gasteiger partial charge is 0.328 e. The predicted molar refractivity (Wildman–Crippen MR) is 40.3 cm³/mol. The van der Waals surface area contributed by atoms with Crippen molar-refractivity contribution < 1.29 is 14.7 Å². The van der Waals surface area contributed by atoms with E-state index in [0.29, 0.717) is 6.42 Å². The Labute approximate surface area is 66.5 Å². The van der Waals surface area contributed by atoms with Crippen molar-refractivity contribution in [3.8, 4) is 0 Å². The van der Waals surface area contributed by atoms with E-state index in [9.17, 15) is 4.79 Å². The van der Waals surface area contributed by atoms with Gasteiger partial charge in [0, 0.05) is 0 Å². The van der Waals surface area contributed by atoms with Crippen LogP contribution in [0.25, 0.3) is 0 Å². The van der Waals surface area contributed by atoms with Gasteiger partial charge in [-0.05, 0) is 13.3 Å². The van der Waals surface area contributed by atoms with E-state index in [1.54, 1.807) is 6.92 Å². The van der Waals surface area contributed by atoms with Crippen LogP contribution in [0.5, 0.6) is 0 Å². The van der Waals surface area contributed by atoms with Gasteiger partial charge in [-0.2, -0.15) is 5.48 Å². The highest BCUT2D eigenvalue weighted by Gasteiger charge is 2.32. The van der Waals surface area contributed by atoms with E-state index in [0.717, 1.165) is 6.42 Å². The molecule has 0 heterocycles. The first-order chi connectivity index (χ1) is 5.10. The Hall–Kier alpha value is -0.610. The molecule has 0 saturated heterocycles. The van der Waals surface area contributed by atoms with Gasteiger partial charge in [0.15, 0.2) is 0 Å². The maximum atomic E-state index is 11.0. The number of rotatable bonds is 4. The van der Waals surface area contributed by atoms with Gasteiger partial charge in [0.2, 0.25) is 0 Å². The molecule has 0 rings (SSSR count). The zero-order valence-electron chi connectivity index (χ0n) is 7.18. The molecular weight excluding hydrogens is 146 g/mol. The molecule has 0 unspecified atom stereocenters. The monoisotopic (exact) mass is 161 g/mol. The Balaban J connectivity index is 4.19. The third kappa shape index (κ3) is 2.48. The molecule has 0 radical (unpaired) electrons. The number of carbonyl (C=O) groups excluding carboxylic acids is 1. The highest BCUT2D eigenvalue weighted by Crippen LogP contribution is 2.12. The summed E-state index contributed by atoms with van der Waals surface area (Å²) in [5, 5.41) is 8.67. The first kappa shape index (κ1) is 10.4. The number of hydrogen-bond acceptors (Lipinski definition) is 4. The molecule has 1 atom stereocenters. The number of ether oxygens (including phenoxy) is 1. The zero-order valence-corrected chi connectivity index (χ0v) is 7.18. The largest absolute Gasteiger partial charge is 0.468 e. The number of esters is 1. The van der Waals surface area contributed by atoms with Crippen LogP contribution in [0.4, 0.5) is 0 Å². The third-order valence-electron chi connectivity index (χ3n) is 1.63. The van der Waals surface area contributed by atoms with Crippen LogP contribution in [0.2, 0.25) is 0 Å². The number of hydroxylamine groups is 1. The lowest BCUT2D eigenvalue weighted by Gasteiger charge is -2.23. The highest BCUT2D eigenvalue weighted by atomic mass is 16.5. The summed E-state index contributed by atoms with van der Waals surface area (Å²) in [5.41, 5.74) is 1.00. The zero-order chi connectivity index (χ0) is 8.91. The minimum atomic E-state index is -0.955. The summed E-state index contributed by atoms with van der Waals surface area (Å²) >= 11 is 0. The van der Waals surface area contributed by atoms with Crippen molar-refractivity contribution in [3.05, 3.63) is 0 Å². The molecule has 0 aliphatic carbocycles. The van der Waals surface area contributed by atoms with Crippen molar-refractivity contribution in [1.82, 2.24) is 5.48 Å². The molecule has 4 heteroatoms. The van der Waals surface area contributed by atoms with E-state index in [-0.39, 0.29) is 0 Å². The van der Waals surface area contributed by atoms with Crippen LogP contribution in [0.15, 0.2) is 0 Å². The normalized spacial score (nSPS) is 15.6. The first-order valence-electron chi connectivity index (χ1n) is 3.60. The summed E-state index contributed by atoms with van der Waals surface area (Å²) in [7, 11) is 1.30. The van der Waals surface area contributed by atoms with E-state index in [2.05, 4.69) is 4.74 Å². The van der Waals surface area contributed by atoms with Crippen molar-refractivity contribution in [1.29, 1.82) is 0 Å². The second kappa shape index (κ2) is 4.31. The molecule has 2 N–H and O–H groups in total. The lowest BCUT2D eigenvalue weighted by atomic mass is 9.98. The molecule has 0 fully saturated rings. The van der Waals surface area contributed by atoms with Gasteiger partial charge in [0.1, 0.15) is 5.54 Å². The van der Waals surface area contributed by atoms with Crippen molar-refractivity contribution in [2.45, 2.75) is 32.2 Å². The summed E-state index contributed by atoms with van der Waals surface area (Å²) in [6.07, 6.45) is 1.36. The van der Waals surface area contributed by atoms with E-state index in [1.807, 2.05) is 12.4 Å². The molecule has 0 bridgehead atoms. The molecule has 0 saturated carbocycles. The van der Waals surface area contributed by atoms with E-state index in [4.69, 9.17) is 5.21 Å². The second-order valence-electron chi connectivity index (χ2n) is 2.69. The van der Waals surface area contributed by atoms with Gasteiger partial charge in [-0.3, -0.25) is 0 Å². The van der Waals surface area contributed by atoms with Crippen LogP contribution in [-0.2, 0) is 9.53 Å². The van der Waals surface area contributed by atoms with E-state index >= 15 is 0 Å². The molecular formula is C7H15NO3. The Bertz CT molecular complexity index is 138. The molecule has 0 spiro atoms. The first-order valence-corrected chi connectivity index (χ1v) is 3.60. The van der Waals surface area contributed by atoms with Gasteiger partial charge in [0.25, 0.3) is 0 Å². The molecule has 0 aromatic rings. The van der Waals surface area contributed by atoms with Crippen molar-refractivity contribution in [2.24, 2.45) is 0 Å². The molecule has 0 aromatic carbocycles.